The summed E-state index contributed by atoms with van der Waals surface area (Å²) in [5, 5.41) is 6.05. The number of hydrogen-bond donors (Lipinski definition) is 0. The van der Waals surface area contributed by atoms with E-state index in [4.69, 9.17) is 34.9 Å². The van der Waals surface area contributed by atoms with Gasteiger partial charge in [-0.3, -0.25) is 29.9 Å². The van der Waals surface area contributed by atoms with Crippen LogP contribution in [-0.2, 0) is 0 Å². The molecule has 0 unspecified atom stereocenters. The minimum absolute atomic E-state index is 0.523. The topological polar surface area (TPSA) is 116 Å². The highest BCUT2D eigenvalue weighted by Gasteiger charge is 2.19. The Morgan fingerprint density at radius 2 is 0.650 bits per heavy atom. The van der Waals surface area contributed by atoms with Crippen LogP contribution in [0.15, 0.2) is 177 Å². The molecule has 0 fully saturated rings. The second-order valence-corrected chi connectivity index (χ2v) is 14.7. The largest absolute Gasteiger partial charge is 0.256 e. The van der Waals surface area contributed by atoms with E-state index in [0.29, 0.717) is 17.5 Å². The van der Waals surface area contributed by atoms with E-state index in [-0.39, 0.29) is 0 Å². The van der Waals surface area contributed by atoms with E-state index >= 15 is 0 Å². The normalized spacial score (nSPS) is 11.7. The number of benzene rings is 5. The first-order valence-corrected chi connectivity index (χ1v) is 19.6. The molecule has 5 aromatic carbocycles. The molecule has 0 atom stereocenters. The molecule has 0 aliphatic heterocycles. The van der Waals surface area contributed by atoms with Crippen molar-refractivity contribution in [1.82, 2.24) is 44.9 Å². The summed E-state index contributed by atoms with van der Waals surface area (Å²) < 4.78 is 0. The van der Waals surface area contributed by atoms with Crippen LogP contribution in [0.4, 0.5) is 0 Å². The lowest BCUT2D eigenvalue weighted by Gasteiger charge is -2.16. The molecule has 0 aliphatic rings. The molecule has 9 nitrogen and oxygen atoms in total. The maximum atomic E-state index is 5.25. The number of nitrogens with zero attached hydrogens (tertiary/aromatic N) is 9. The Hall–Kier alpha value is -8.43. The molecule has 0 spiro atoms. The summed E-state index contributed by atoms with van der Waals surface area (Å²) in [5.41, 5.74) is 11.6. The lowest BCUT2D eigenvalue weighted by molar-refractivity contribution is 1.07. The van der Waals surface area contributed by atoms with Crippen LogP contribution in [0.2, 0.25) is 0 Å². The van der Waals surface area contributed by atoms with E-state index in [0.717, 1.165) is 104 Å². The summed E-state index contributed by atoms with van der Waals surface area (Å²) in [5.74, 6) is 1.59. The summed E-state index contributed by atoms with van der Waals surface area (Å²) in [7, 11) is 0. The second kappa shape index (κ2) is 13.6. The van der Waals surface area contributed by atoms with Gasteiger partial charge in [-0.2, -0.15) is 0 Å². The van der Waals surface area contributed by atoms with Gasteiger partial charge in [-0.15, -0.1) is 0 Å². The monoisotopic (exact) mass is 767 g/mol. The molecule has 7 aromatic heterocycles. The van der Waals surface area contributed by atoms with Gasteiger partial charge in [0.1, 0.15) is 0 Å². The van der Waals surface area contributed by atoms with Gasteiger partial charge in [0.15, 0.2) is 17.5 Å². The minimum Gasteiger partial charge on any atom is -0.256 e. The van der Waals surface area contributed by atoms with Crippen LogP contribution < -0.4 is 0 Å². The van der Waals surface area contributed by atoms with Crippen molar-refractivity contribution < 1.29 is 0 Å². The minimum atomic E-state index is 0.523. The van der Waals surface area contributed by atoms with Crippen molar-refractivity contribution in [3.05, 3.63) is 177 Å². The fourth-order valence-corrected chi connectivity index (χ4v) is 8.27. The Balaban J connectivity index is 1.16. The Labute approximate surface area is 342 Å². The quantitative estimate of drug-likeness (QED) is 0.158. The molecule has 12 rings (SSSR count). The Morgan fingerprint density at radius 3 is 1.13 bits per heavy atom. The molecule has 0 radical (unpaired) electrons. The van der Waals surface area contributed by atoms with Crippen LogP contribution in [0.25, 0.3) is 122 Å². The van der Waals surface area contributed by atoms with Gasteiger partial charge in [-0.1, -0.05) is 60.7 Å². The van der Waals surface area contributed by atoms with Crippen LogP contribution in [-0.4, -0.2) is 44.9 Å². The summed E-state index contributed by atoms with van der Waals surface area (Å²) in [6.07, 6.45) is 10.9. The molecular formula is C51H29N9. The first-order chi connectivity index (χ1) is 29.7. The molecule has 0 saturated heterocycles. The lowest BCUT2D eigenvalue weighted by Crippen LogP contribution is -2.01. The molecule has 60 heavy (non-hydrogen) atoms. The third-order valence-electron chi connectivity index (χ3n) is 11.1. The summed E-state index contributed by atoms with van der Waals surface area (Å²) >= 11 is 0. The van der Waals surface area contributed by atoms with E-state index in [1.807, 2.05) is 85.5 Å². The van der Waals surface area contributed by atoms with Crippen LogP contribution >= 0.6 is 0 Å². The van der Waals surface area contributed by atoms with Crippen molar-refractivity contribution in [3.8, 4) is 56.4 Å². The van der Waals surface area contributed by atoms with Crippen molar-refractivity contribution in [2.45, 2.75) is 0 Å². The highest BCUT2D eigenvalue weighted by Crippen LogP contribution is 2.41. The number of fused-ring (bicyclic) bond motifs is 8. The van der Waals surface area contributed by atoms with E-state index in [9.17, 15) is 0 Å². The SMILES string of the molecule is c1cnc2cc(-c3nc(-c4cc(-c5cc6cccnc6c6ncccc56)cc(-c5cc6cccnc6c6ncccc56)c4)nc(-c4ccc5cccnc5c4)n3)ccc2c1. The standard InChI is InChI=1S/C51H29N9/c1-7-30-13-15-34(28-43(30)52-17-1)49-58-50(35-16-14-31-8-2-18-53-44(31)29-35)60-51(59-49)38-24-36(41-26-32-9-3-19-54-45(32)47-39(41)11-5-21-56-47)23-37(25-38)42-27-33-10-4-20-55-46(33)48-40(42)12-6-22-57-48/h1-29H. The smallest absolute Gasteiger partial charge is 0.164 e. The van der Waals surface area contributed by atoms with E-state index < -0.39 is 0 Å². The first-order valence-electron chi connectivity index (χ1n) is 19.6. The Kier molecular flexibility index (Phi) is 7.64. The van der Waals surface area contributed by atoms with Crippen LogP contribution in [0, 0.1) is 0 Å². The van der Waals surface area contributed by atoms with Gasteiger partial charge < -0.3 is 0 Å². The molecule has 7 heterocycles. The number of rotatable bonds is 5. The maximum Gasteiger partial charge on any atom is 0.164 e. The van der Waals surface area contributed by atoms with Gasteiger partial charge in [0.05, 0.1) is 33.1 Å². The van der Waals surface area contributed by atoms with Crippen molar-refractivity contribution in [2.75, 3.05) is 0 Å². The van der Waals surface area contributed by atoms with Gasteiger partial charge >= 0.3 is 0 Å². The molecule has 0 aliphatic carbocycles. The van der Waals surface area contributed by atoms with Crippen LogP contribution in [0.5, 0.6) is 0 Å². The van der Waals surface area contributed by atoms with Gasteiger partial charge in [0.25, 0.3) is 0 Å². The van der Waals surface area contributed by atoms with E-state index in [2.05, 4.69) is 88.8 Å². The van der Waals surface area contributed by atoms with Gasteiger partial charge in [-0.25, -0.2) is 15.0 Å². The molecule has 12 aromatic rings. The third-order valence-corrected chi connectivity index (χ3v) is 11.1. The fraction of sp³-hybridized carbons (Fsp3) is 0. The third kappa shape index (κ3) is 5.67. The zero-order valence-corrected chi connectivity index (χ0v) is 31.8. The van der Waals surface area contributed by atoms with Gasteiger partial charge in [-0.05, 0) is 101 Å². The first kappa shape index (κ1) is 33.7. The van der Waals surface area contributed by atoms with Gasteiger partial charge in [0, 0.05) is 86.2 Å². The summed E-state index contributed by atoms with van der Waals surface area (Å²) in [4.78, 5) is 44.1. The number of aromatic nitrogens is 9. The number of hydrogen-bond acceptors (Lipinski definition) is 9. The maximum absolute atomic E-state index is 5.25. The summed E-state index contributed by atoms with van der Waals surface area (Å²) in [6, 6.07) is 47.5. The van der Waals surface area contributed by atoms with Crippen LogP contribution in [0.3, 0.4) is 0 Å². The predicted octanol–water partition coefficient (Wildman–Crippen LogP) is 11.5. The molecule has 278 valence electrons. The average Bonchev–Trinajstić information content (AvgIpc) is 3.33. The second-order valence-electron chi connectivity index (χ2n) is 14.7. The molecule has 0 bridgehead atoms. The van der Waals surface area contributed by atoms with Crippen LogP contribution in [0.1, 0.15) is 0 Å². The van der Waals surface area contributed by atoms with Crippen molar-refractivity contribution in [3.63, 3.8) is 0 Å². The molecule has 0 amide bonds. The molecular weight excluding hydrogens is 739 g/mol. The number of pyridine rings is 6. The van der Waals surface area contributed by atoms with Crippen molar-refractivity contribution in [1.29, 1.82) is 0 Å². The van der Waals surface area contributed by atoms with Crippen molar-refractivity contribution >= 4 is 65.4 Å². The highest BCUT2D eigenvalue weighted by molar-refractivity contribution is 6.12. The molecule has 0 saturated carbocycles. The van der Waals surface area contributed by atoms with Gasteiger partial charge in [0.2, 0.25) is 0 Å². The Morgan fingerprint density at radius 1 is 0.267 bits per heavy atom. The molecule has 9 heteroatoms. The lowest BCUT2D eigenvalue weighted by atomic mass is 9.91. The zero-order valence-electron chi connectivity index (χ0n) is 31.8. The zero-order chi connectivity index (χ0) is 39.6. The average molecular weight is 768 g/mol. The fourth-order valence-electron chi connectivity index (χ4n) is 8.27. The Bertz CT molecular complexity index is 3460. The van der Waals surface area contributed by atoms with Crippen molar-refractivity contribution in [2.24, 2.45) is 0 Å². The van der Waals surface area contributed by atoms with E-state index in [1.165, 1.54) is 0 Å². The molecule has 0 N–H and O–H groups in total. The highest BCUT2D eigenvalue weighted by atomic mass is 15.0. The summed E-state index contributed by atoms with van der Waals surface area (Å²) in [6.45, 7) is 0. The predicted molar refractivity (Wildman–Crippen MR) is 239 cm³/mol. The van der Waals surface area contributed by atoms with E-state index in [1.54, 1.807) is 12.4 Å².